The van der Waals surface area contributed by atoms with Gasteiger partial charge in [-0.15, -0.1) is 0 Å². The van der Waals surface area contributed by atoms with E-state index >= 15 is 0 Å². The molecule has 0 aromatic heterocycles. The van der Waals surface area contributed by atoms with Gasteiger partial charge in [0.15, 0.2) is 11.9 Å². The van der Waals surface area contributed by atoms with Crippen molar-refractivity contribution < 1.29 is 38.1 Å². The Labute approximate surface area is 150 Å². The molecule has 0 amide bonds. The zero-order valence-electron chi connectivity index (χ0n) is 14.1. The Hall–Kier alpha value is -3.00. The molecule has 26 heavy (non-hydrogen) atoms. The number of carbonyl (C=O) groups excluding carboxylic acids is 4. The number of allylic oxidation sites excluding steroid dienone is 1. The molecule has 4 atom stereocenters. The summed E-state index contributed by atoms with van der Waals surface area (Å²) in [6, 6.07) is 0. The molecular weight excluding hydrogens is 344 g/mol. The number of ether oxygens (including phenoxy) is 4. The smallest absolute Gasteiger partial charge is 0.332 e. The van der Waals surface area contributed by atoms with Crippen LogP contribution in [-0.4, -0.2) is 48.8 Å². The molecule has 0 aliphatic carbocycles. The van der Waals surface area contributed by atoms with Crippen LogP contribution in [0.25, 0.3) is 0 Å². The molecule has 1 heterocycles. The molecule has 0 saturated carbocycles. The molecule has 0 spiro atoms. The van der Waals surface area contributed by atoms with Crippen molar-refractivity contribution in [2.75, 3.05) is 6.61 Å². The van der Waals surface area contributed by atoms with Crippen LogP contribution in [0.1, 0.15) is 6.42 Å². The van der Waals surface area contributed by atoms with Gasteiger partial charge < -0.3 is 18.9 Å². The lowest BCUT2D eigenvalue weighted by molar-refractivity contribution is -0.256. The van der Waals surface area contributed by atoms with Gasteiger partial charge in [-0.25, -0.2) is 14.4 Å². The van der Waals surface area contributed by atoms with Gasteiger partial charge in [0, 0.05) is 30.6 Å². The number of esters is 3. The van der Waals surface area contributed by atoms with E-state index in [0.717, 1.165) is 24.3 Å². The summed E-state index contributed by atoms with van der Waals surface area (Å²) in [4.78, 5) is 46.6. The molecule has 1 rings (SSSR count). The fourth-order valence-electron chi connectivity index (χ4n) is 2.29. The van der Waals surface area contributed by atoms with Crippen LogP contribution in [0, 0.1) is 5.92 Å². The molecule has 1 aliphatic heterocycles. The number of hydrogen-bond donors (Lipinski definition) is 0. The van der Waals surface area contributed by atoms with Crippen LogP contribution in [0.15, 0.2) is 50.6 Å². The molecule has 8 heteroatoms. The third kappa shape index (κ3) is 5.82. The van der Waals surface area contributed by atoms with Crippen LogP contribution in [0.3, 0.4) is 0 Å². The summed E-state index contributed by atoms with van der Waals surface area (Å²) >= 11 is 0. The van der Waals surface area contributed by atoms with Crippen LogP contribution >= 0.6 is 0 Å². The van der Waals surface area contributed by atoms with E-state index in [1.807, 2.05) is 0 Å². The van der Waals surface area contributed by atoms with Gasteiger partial charge in [0.25, 0.3) is 0 Å². The van der Waals surface area contributed by atoms with Gasteiger partial charge in [-0.3, -0.25) is 4.79 Å². The quantitative estimate of drug-likeness (QED) is 0.339. The minimum Gasteiger partial charge on any atom is -0.456 e. The maximum absolute atomic E-state index is 11.9. The molecule has 140 valence electrons. The van der Waals surface area contributed by atoms with Gasteiger partial charge in [-0.05, 0) is 6.08 Å². The van der Waals surface area contributed by atoms with E-state index in [9.17, 15) is 19.2 Å². The lowest BCUT2D eigenvalue weighted by Gasteiger charge is -2.40. The third-order valence-corrected chi connectivity index (χ3v) is 3.51. The fourth-order valence-corrected chi connectivity index (χ4v) is 2.29. The van der Waals surface area contributed by atoms with Crippen molar-refractivity contribution in [3.63, 3.8) is 0 Å². The first-order valence-electron chi connectivity index (χ1n) is 7.62. The van der Waals surface area contributed by atoms with Crippen molar-refractivity contribution in [2.24, 2.45) is 5.92 Å². The summed E-state index contributed by atoms with van der Waals surface area (Å²) in [5.74, 6) is -3.62. The number of hydrogen-bond acceptors (Lipinski definition) is 8. The highest BCUT2D eigenvalue weighted by Gasteiger charge is 2.46. The normalized spacial score (nSPS) is 24.5. The minimum atomic E-state index is -1.31. The summed E-state index contributed by atoms with van der Waals surface area (Å²) in [5.41, 5.74) is 0. The highest BCUT2D eigenvalue weighted by Crippen LogP contribution is 2.30. The highest BCUT2D eigenvalue weighted by molar-refractivity contribution is 5.89. The first-order valence-corrected chi connectivity index (χ1v) is 7.62. The standard InChI is InChI=1S/C18H20O8/c1-5-11(19)9-12-13(24-14(20)6-2)10-23-18(26-16(22)8-4)17(12)25-15(21)7-3/h5-8,12-13,17-18H,1-4,9-10H2/t12-,13-,17+,18?/m1/s1. The van der Waals surface area contributed by atoms with Crippen molar-refractivity contribution in [1.29, 1.82) is 0 Å². The molecule has 1 saturated heterocycles. The van der Waals surface area contributed by atoms with Gasteiger partial charge in [0.1, 0.15) is 6.10 Å². The van der Waals surface area contributed by atoms with Crippen LogP contribution in [-0.2, 0) is 38.1 Å². The molecular formula is C18H20O8. The Morgan fingerprint density at radius 2 is 1.38 bits per heavy atom. The van der Waals surface area contributed by atoms with Gasteiger partial charge in [-0.2, -0.15) is 0 Å². The lowest BCUT2D eigenvalue weighted by atomic mass is 9.88. The SMILES string of the molecule is C=CC(=O)C[C@H]1[C@H](OC(=O)C=C)C(OC(=O)C=C)OC[C@H]1OC(=O)C=C. The van der Waals surface area contributed by atoms with Crippen molar-refractivity contribution >= 4 is 23.7 Å². The van der Waals surface area contributed by atoms with Crippen molar-refractivity contribution in [3.05, 3.63) is 50.6 Å². The van der Waals surface area contributed by atoms with Crippen LogP contribution in [0.4, 0.5) is 0 Å². The van der Waals surface area contributed by atoms with E-state index in [1.165, 1.54) is 0 Å². The molecule has 0 bridgehead atoms. The highest BCUT2D eigenvalue weighted by atomic mass is 16.7. The minimum absolute atomic E-state index is 0.181. The molecule has 0 aromatic carbocycles. The Kier molecular flexibility index (Phi) is 8.17. The first-order chi connectivity index (χ1) is 12.4. The van der Waals surface area contributed by atoms with Gasteiger partial charge in [0.05, 0.1) is 6.61 Å². The fraction of sp³-hybridized carbons (Fsp3) is 0.333. The van der Waals surface area contributed by atoms with Gasteiger partial charge >= 0.3 is 17.9 Å². The number of ketones is 1. The van der Waals surface area contributed by atoms with Crippen LogP contribution in [0.2, 0.25) is 0 Å². The summed E-state index contributed by atoms with van der Waals surface area (Å²) in [7, 11) is 0. The average Bonchev–Trinajstić information content (AvgIpc) is 2.65. The second-order valence-corrected chi connectivity index (χ2v) is 5.17. The Morgan fingerprint density at radius 1 is 0.846 bits per heavy atom. The van der Waals surface area contributed by atoms with Gasteiger partial charge in [-0.1, -0.05) is 26.3 Å². The second-order valence-electron chi connectivity index (χ2n) is 5.17. The average molecular weight is 364 g/mol. The van der Waals surface area contributed by atoms with Crippen LogP contribution < -0.4 is 0 Å². The zero-order valence-corrected chi connectivity index (χ0v) is 14.1. The first kappa shape index (κ1) is 21.0. The monoisotopic (exact) mass is 364 g/mol. The molecule has 0 N–H and O–H groups in total. The van der Waals surface area contributed by atoms with E-state index in [1.54, 1.807) is 0 Å². The molecule has 8 nitrogen and oxygen atoms in total. The summed E-state index contributed by atoms with van der Waals surface area (Å²) in [6.07, 6.45) is 0.182. The molecule has 1 aliphatic rings. The van der Waals surface area contributed by atoms with E-state index in [4.69, 9.17) is 18.9 Å². The van der Waals surface area contributed by atoms with Crippen LogP contribution in [0.5, 0.6) is 0 Å². The predicted octanol–water partition coefficient (Wildman–Crippen LogP) is 1.03. The molecule has 0 radical (unpaired) electrons. The number of rotatable bonds is 9. The topological polar surface area (TPSA) is 105 Å². The zero-order chi connectivity index (χ0) is 19.7. The molecule has 1 unspecified atom stereocenters. The molecule has 1 fully saturated rings. The summed E-state index contributed by atoms with van der Waals surface area (Å²) < 4.78 is 20.8. The maximum atomic E-state index is 11.9. The van der Waals surface area contributed by atoms with E-state index < -0.39 is 42.3 Å². The maximum Gasteiger partial charge on any atom is 0.332 e. The Morgan fingerprint density at radius 3 is 1.92 bits per heavy atom. The van der Waals surface area contributed by atoms with Crippen molar-refractivity contribution in [3.8, 4) is 0 Å². The lowest BCUT2D eigenvalue weighted by Crippen LogP contribution is -2.54. The van der Waals surface area contributed by atoms with Crippen molar-refractivity contribution in [1.82, 2.24) is 0 Å². The predicted molar refractivity (Wildman–Crippen MR) is 89.5 cm³/mol. The van der Waals surface area contributed by atoms with E-state index in [2.05, 4.69) is 26.3 Å². The Balaban J connectivity index is 3.18. The second kappa shape index (κ2) is 10.1. The van der Waals surface area contributed by atoms with Crippen molar-refractivity contribution in [2.45, 2.75) is 24.9 Å². The number of carbonyl (C=O) groups is 4. The molecule has 0 aromatic rings. The third-order valence-electron chi connectivity index (χ3n) is 3.51. The van der Waals surface area contributed by atoms with E-state index in [0.29, 0.717) is 0 Å². The summed E-state index contributed by atoms with van der Waals surface area (Å²) in [5, 5.41) is 0. The Bertz CT molecular complexity index is 567. The van der Waals surface area contributed by atoms with Gasteiger partial charge in [0.2, 0.25) is 6.29 Å². The van der Waals surface area contributed by atoms with E-state index in [-0.39, 0.29) is 18.8 Å². The largest absolute Gasteiger partial charge is 0.456 e. The summed E-state index contributed by atoms with van der Waals surface area (Å²) in [6.45, 7) is 13.1.